The highest BCUT2D eigenvalue weighted by molar-refractivity contribution is 5.69. The number of benzene rings is 2. The minimum Gasteiger partial charge on any atom is -0.491 e. The highest BCUT2D eigenvalue weighted by atomic mass is 19.1. The third-order valence-corrected chi connectivity index (χ3v) is 4.55. The molecule has 0 aliphatic carbocycles. The zero-order valence-electron chi connectivity index (χ0n) is 18.5. The summed E-state index contributed by atoms with van der Waals surface area (Å²) in [7, 11) is 3.22. The zero-order chi connectivity index (χ0) is 23.3. The minimum absolute atomic E-state index is 0.0219. The molecule has 0 unspecified atom stereocenters. The van der Waals surface area contributed by atoms with E-state index < -0.39 is 11.8 Å². The van der Waals surface area contributed by atoms with Crippen LogP contribution in [-0.2, 0) is 22.7 Å². The summed E-state index contributed by atoms with van der Waals surface area (Å²) in [6, 6.07) is 9.99. The van der Waals surface area contributed by atoms with Crippen LogP contribution >= 0.6 is 0 Å². The first-order valence-electron chi connectivity index (χ1n) is 10.1. The first-order valence-corrected chi connectivity index (χ1v) is 10.1. The summed E-state index contributed by atoms with van der Waals surface area (Å²) >= 11 is 0. The number of carboxylic acid groups (broad SMARTS) is 1. The third kappa shape index (κ3) is 5.89. The van der Waals surface area contributed by atoms with Crippen molar-refractivity contribution in [1.29, 1.82) is 0 Å². The van der Waals surface area contributed by atoms with Crippen LogP contribution in [0.3, 0.4) is 0 Å². The smallest absolute Gasteiger partial charge is 0.317 e. The topological polar surface area (TPSA) is 97.9 Å². The van der Waals surface area contributed by atoms with Crippen LogP contribution in [0.1, 0.15) is 25.0 Å². The number of aromatic nitrogens is 2. The van der Waals surface area contributed by atoms with Crippen LogP contribution in [0, 0.1) is 5.82 Å². The van der Waals surface area contributed by atoms with Gasteiger partial charge in [-0.15, -0.1) is 0 Å². The number of carbonyl (C=O) groups is 1. The molecule has 0 atom stereocenters. The van der Waals surface area contributed by atoms with Gasteiger partial charge in [0.2, 0.25) is 5.82 Å². The number of rotatable bonds is 10. The summed E-state index contributed by atoms with van der Waals surface area (Å²) < 4.78 is 30.8. The van der Waals surface area contributed by atoms with Gasteiger partial charge in [-0.3, -0.25) is 9.69 Å². The number of hydrogen-bond acceptors (Lipinski definition) is 7. The molecule has 9 heteroatoms. The zero-order valence-corrected chi connectivity index (χ0v) is 18.5. The Labute approximate surface area is 185 Å². The van der Waals surface area contributed by atoms with E-state index in [9.17, 15) is 9.18 Å². The van der Waals surface area contributed by atoms with E-state index in [-0.39, 0.29) is 19.2 Å². The second-order valence-corrected chi connectivity index (χ2v) is 7.72. The molecule has 0 radical (unpaired) electrons. The lowest BCUT2D eigenvalue weighted by atomic mass is 10.1. The fraction of sp³-hybridized carbons (Fsp3) is 0.348. The summed E-state index contributed by atoms with van der Waals surface area (Å²) in [4.78, 5) is 16.8. The lowest BCUT2D eigenvalue weighted by Gasteiger charge is -2.14. The summed E-state index contributed by atoms with van der Waals surface area (Å²) in [5.74, 6) is -0.0802. The van der Waals surface area contributed by atoms with Crippen molar-refractivity contribution in [2.24, 2.45) is 0 Å². The number of halogens is 1. The second-order valence-electron chi connectivity index (χ2n) is 7.72. The van der Waals surface area contributed by atoms with Gasteiger partial charge in [-0.1, -0.05) is 5.16 Å². The maximum Gasteiger partial charge on any atom is 0.317 e. The second kappa shape index (κ2) is 10.3. The van der Waals surface area contributed by atoms with Gasteiger partial charge in [-0.2, -0.15) is 4.98 Å². The highest BCUT2D eigenvalue weighted by Crippen LogP contribution is 2.29. The van der Waals surface area contributed by atoms with Gasteiger partial charge in [0.1, 0.15) is 11.6 Å². The quantitative estimate of drug-likeness (QED) is 0.502. The average Bonchev–Trinajstić information content (AvgIpc) is 3.20. The Morgan fingerprint density at radius 1 is 1.19 bits per heavy atom. The van der Waals surface area contributed by atoms with Crippen LogP contribution in [0.25, 0.3) is 22.8 Å². The van der Waals surface area contributed by atoms with Crippen molar-refractivity contribution >= 4 is 5.97 Å². The number of hydrogen-bond donors (Lipinski definition) is 1. The summed E-state index contributed by atoms with van der Waals surface area (Å²) in [6.45, 7) is 4.20. The number of ether oxygens (including phenoxy) is 2. The minimum atomic E-state index is -0.982. The molecule has 170 valence electrons. The molecule has 32 heavy (non-hydrogen) atoms. The number of likely N-dealkylation sites (N-methyl/N-ethyl adjacent to an activating group) is 1. The van der Waals surface area contributed by atoms with Crippen molar-refractivity contribution in [3.05, 3.63) is 53.3 Å². The Bertz CT molecular complexity index is 1080. The molecule has 2 aromatic carbocycles. The van der Waals surface area contributed by atoms with Gasteiger partial charge in [0, 0.05) is 35.9 Å². The molecule has 0 aliphatic heterocycles. The van der Waals surface area contributed by atoms with Gasteiger partial charge < -0.3 is 19.1 Å². The van der Waals surface area contributed by atoms with Crippen LogP contribution < -0.4 is 4.74 Å². The lowest BCUT2D eigenvalue weighted by molar-refractivity contribution is -0.138. The molecule has 0 saturated heterocycles. The Hall–Kier alpha value is -3.30. The van der Waals surface area contributed by atoms with Gasteiger partial charge in [0.15, 0.2) is 0 Å². The van der Waals surface area contributed by atoms with E-state index in [1.807, 2.05) is 32.0 Å². The molecule has 1 aromatic heterocycles. The Kier molecular flexibility index (Phi) is 7.55. The third-order valence-electron chi connectivity index (χ3n) is 4.55. The Morgan fingerprint density at radius 2 is 1.91 bits per heavy atom. The molecule has 0 saturated carbocycles. The monoisotopic (exact) mass is 443 g/mol. The maximum absolute atomic E-state index is 14.2. The van der Waals surface area contributed by atoms with Gasteiger partial charge in [-0.05, 0) is 57.3 Å². The molecular formula is C23H26FN3O5. The number of methoxy groups -OCH3 is 1. The van der Waals surface area contributed by atoms with Gasteiger partial charge in [0.05, 0.1) is 19.3 Å². The molecule has 8 nitrogen and oxygen atoms in total. The Balaban J connectivity index is 1.86. The largest absolute Gasteiger partial charge is 0.491 e. The highest BCUT2D eigenvalue weighted by Gasteiger charge is 2.16. The number of nitrogens with zero attached hydrogens (tertiary/aromatic N) is 3. The van der Waals surface area contributed by atoms with E-state index >= 15 is 0 Å². The van der Waals surface area contributed by atoms with E-state index in [0.29, 0.717) is 35.0 Å². The molecule has 0 aliphatic rings. The van der Waals surface area contributed by atoms with E-state index in [2.05, 4.69) is 10.1 Å². The molecule has 0 fully saturated rings. The predicted octanol–water partition coefficient (Wildman–Crippen LogP) is 3.99. The van der Waals surface area contributed by atoms with Gasteiger partial charge in [0.25, 0.3) is 5.89 Å². The molecule has 3 rings (SSSR count). The van der Waals surface area contributed by atoms with Crippen LogP contribution in [0.5, 0.6) is 5.75 Å². The van der Waals surface area contributed by atoms with Crippen molar-refractivity contribution in [3.8, 4) is 28.6 Å². The summed E-state index contributed by atoms with van der Waals surface area (Å²) in [5, 5.41) is 12.9. The fourth-order valence-electron chi connectivity index (χ4n) is 3.22. The molecule has 1 N–H and O–H groups in total. The molecule has 0 bridgehead atoms. The first-order chi connectivity index (χ1) is 15.3. The van der Waals surface area contributed by atoms with E-state index in [0.717, 1.165) is 11.3 Å². The van der Waals surface area contributed by atoms with Gasteiger partial charge >= 0.3 is 5.97 Å². The molecular weight excluding hydrogens is 417 g/mol. The summed E-state index contributed by atoms with van der Waals surface area (Å²) in [6.07, 6.45) is 0.0219. The number of aliphatic carboxylic acids is 1. The maximum atomic E-state index is 14.2. The molecule has 1 heterocycles. The van der Waals surface area contributed by atoms with E-state index in [1.165, 1.54) is 11.0 Å². The van der Waals surface area contributed by atoms with Gasteiger partial charge in [-0.25, -0.2) is 4.39 Å². The lowest BCUT2D eigenvalue weighted by Crippen LogP contribution is -2.25. The fourth-order valence-corrected chi connectivity index (χ4v) is 3.22. The summed E-state index contributed by atoms with van der Waals surface area (Å²) in [5.41, 5.74) is 2.46. The molecule has 0 spiro atoms. The normalized spacial score (nSPS) is 11.3. The van der Waals surface area contributed by atoms with Crippen LogP contribution in [-0.4, -0.2) is 52.9 Å². The van der Waals surface area contributed by atoms with Crippen molar-refractivity contribution in [2.45, 2.75) is 33.1 Å². The number of carboxylic acids is 1. The van der Waals surface area contributed by atoms with Crippen LogP contribution in [0.2, 0.25) is 0 Å². The van der Waals surface area contributed by atoms with E-state index in [1.54, 1.807) is 26.3 Å². The predicted molar refractivity (Wildman–Crippen MR) is 116 cm³/mol. The first kappa shape index (κ1) is 23.4. The van der Waals surface area contributed by atoms with Crippen molar-refractivity contribution < 1.29 is 28.3 Å². The van der Waals surface area contributed by atoms with E-state index in [4.69, 9.17) is 19.1 Å². The van der Waals surface area contributed by atoms with Crippen molar-refractivity contribution in [1.82, 2.24) is 15.0 Å². The Morgan fingerprint density at radius 3 is 2.59 bits per heavy atom. The SMILES string of the molecule is COCc1cc(-c2nc(-c3ccc(F)c(CN(C)CC(=O)O)c3)no2)ccc1OC(C)C. The van der Waals surface area contributed by atoms with Crippen LogP contribution in [0.15, 0.2) is 40.9 Å². The standard InChI is InChI=1S/C23H26FN3O5/c1-14(2)31-20-8-6-16(10-18(20)13-30-4)23-25-22(26-32-23)15-5-7-19(24)17(9-15)11-27(3)12-21(28)29/h5-10,14H,11-13H2,1-4H3,(H,28,29). The average molecular weight is 443 g/mol. The molecule has 3 aromatic rings. The van der Waals surface area contributed by atoms with Crippen molar-refractivity contribution in [2.75, 3.05) is 20.7 Å². The van der Waals surface area contributed by atoms with Crippen LogP contribution in [0.4, 0.5) is 4.39 Å². The van der Waals surface area contributed by atoms with Crippen molar-refractivity contribution in [3.63, 3.8) is 0 Å². The molecule has 0 amide bonds.